The Morgan fingerprint density at radius 1 is 1.26 bits per heavy atom. The van der Waals surface area contributed by atoms with Crippen molar-refractivity contribution in [2.45, 2.75) is 19.2 Å². The third-order valence-corrected chi connectivity index (χ3v) is 2.34. The summed E-state index contributed by atoms with van der Waals surface area (Å²) in [7, 11) is 0. The maximum absolute atomic E-state index is 11.9. The molecule has 0 aliphatic heterocycles. The largest absolute Gasteiger partial charge is 0.401 e. The van der Waals surface area contributed by atoms with Crippen molar-refractivity contribution < 1.29 is 17.9 Å². The highest BCUT2D eigenvalue weighted by molar-refractivity contribution is 5.48. The highest BCUT2D eigenvalue weighted by atomic mass is 19.4. The highest BCUT2D eigenvalue weighted by Crippen LogP contribution is 2.12. The molecule has 1 N–H and O–H groups in total. The van der Waals surface area contributed by atoms with E-state index in [1.54, 1.807) is 6.92 Å². The molecule has 0 saturated heterocycles. The van der Waals surface area contributed by atoms with Gasteiger partial charge in [0.15, 0.2) is 0 Å². The lowest BCUT2D eigenvalue weighted by atomic mass is 10.2. The molecular formula is C14H18F3NO. The Morgan fingerprint density at radius 2 is 1.95 bits per heavy atom. The summed E-state index contributed by atoms with van der Waals surface area (Å²) in [5.74, 6) is 0. The zero-order valence-electron chi connectivity index (χ0n) is 10.8. The Morgan fingerprint density at radius 3 is 2.58 bits per heavy atom. The molecule has 0 bridgehead atoms. The van der Waals surface area contributed by atoms with Crippen LogP contribution in [0.5, 0.6) is 0 Å². The lowest BCUT2D eigenvalue weighted by Crippen LogP contribution is -2.34. The third-order valence-electron chi connectivity index (χ3n) is 2.34. The van der Waals surface area contributed by atoms with Gasteiger partial charge in [-0.3, -0.25) is 0 Å². The first-order chi connectivity index (χ1) is 8.97. The van der Waals surface area contributed by atoms with E-state index in [0.717, 1.165) is 5.56 Å². The predicted octanol–water partition coefficient (Wildman–Crippen LogP) is 3.26. The summed E-state index contributed by atoms with van der Waals surface area (Å²) < 4.78 is 41.0. The summed E-state index contributed by atoms with van der Waals surface area (Å²) in [6, 6.07) is 9.73. The van der Waals surface area contributed by atoms with Gasteiger partial charge in [-0.1, -0.05) is 42.5 Å². The van der Waals surface area contributed by atoms with E-state index in [2.05, 4.69) is 5.32 Å². The van der Waals surface area contributed by atoms with Gasteiger partial charge in [0.05, 0.1) is 19.3 Å². The van der Waals surface area contributed by atoms with E-state index in [1.165, 1.54) is 0 Å². The topological polar surface area (TPSA) is 21.3 Å². The fourth-order valence-electron chi connectivity index (χ4n) is 1.44. The molecule has 1 aromatic rings. The van der Waals surface area contributed by atoms with Crippen molar-refractivity contribution >= 4 is 6.08 Å². The average Bonchev–Trinajstić information content (AvgIpc) is 2.34. The summed E-state index contributed by atoms with van der Waals surface area (Å²) in [5.41, 5.74) is 1.06. The summed E-state index contributed by atoms with van der Waals surface area (Å²) in [6.07, 6.45) is -0.680. The van der Waals surface area contributed by atoms with Crippen molar-refractivity contribution in [3.05, 3.63) is 42.0 Å². The van der Waals surface area contributed by atoms with Crippen LogP contribution in [0.15, 0.2) is 36.4 Å². The Labute approximate surface area is 111 Å². The number of hydrogen-bond acceptors (Lipinski definition) is 2. The van der Waals surface area contributed by atoms with Gasteiger partial charge in [0.25, 0.3) is 0 Å². The first-order valence-electron chi connectivity index (χ1n) is 6.08. The molecule has 1 atom stereocenters. The fourth-order valence-corrected chi connectivity index (χ4v) is 1.44. The molecule has 0 radical (unpaired) electrons. The summed E-state index contributed by atoms with van der Waals surface area (Å²) in [6.45, 7) is 1.31. The Bertz CT molecular complexity index is 376. The van der Waals surface area contributed by atoms with Gasteiger partial charge in [-0.2, -0.15) is 13.2 Å². The van der Waals surface area contributed by atoms with Crippen molar-refractivity contribution in [2.75, 3.05) is 19.7 Å². The van der Waals surface area contributed by atoms with Crippen LogP contribution in [0.2, 0.25) is 0 Å². The Kier molecular flexibility index (Phi) is 6.59. The number of halogens is 3. The number of nitrogens with one attached hydrogen (secondary N) is 1. The molecule has 0 aliphatic carbocycles. The van der Waals surface area contributed by atoms with E-state index >= 15 is 0 Å². The smallest absolute Gasteiger partial charge is 0.373 e. The van der Waals surface area contributed by atoms with E-state index in [4.69, 9.17) is 4.74 Å². The number of hydrogen-bond donors (Lipinski definition) is 1. The van der Waals surface area contributed by atoms with E-state index in [-0.39, 0.29) is 12.6 Å². The van der Waals surface area contributed by atoms with Gasteiger partial charge >= 0.3 is 6.18 Å². The normalized spacial score (nSPS) is 13.9. The SMILES string of the molecule is CC(CNCC(F)(F)F)OCC=Cc1ccccc1. The molecule has 1 unspecified atom stereocenters. The van der Waals surface area contributed by atoms with Crippen molar-refractivity contribution in [2.24, 2.45) is 0 Å². The molecule has 0 aromatic heterocycles. The molecule has 5 heteroatoms. The molecule has 0 heterocycles. The van der Waals surface area contributed by atoms with Crippen LogP contribution in [0.3, 0.4) is 0 Å². The molecule has 0 aliphatic rings. The second kappa shape index (κ2) is 7.96. The van der Waals surface area contributed by atoms with E-state index in [1.807, 2.05) is 42.5 Å². The van der Waals surface area contributed by atoms with Crippen molar-refractivity contribution in [3.63, 3.8) is 0 Å². The fraction of sp³-hybridized carbons (Fsp3) is 0.429. The Hall–Kier alpha value is -1.33. The molecule has 0 spiro atoms. The number of benzene rings is 1. The third kappa shape index (κ3) is 8.40. The first kappa shape index (κ1) is 15.7. The van der Waals surface area contributed by atoms with Gasteiger partial charge < -0.3 is 10.1 Å². The van der Waals surface area contributed by atoms with Crippen LogP contribution in [0, 0.1) is 0 Å². The molecule has 0 fully saturated rings. The second-order valence-electron chi connectivity index (χ2n) is 4.20. The van der Waals surface area contributed by atoms with Crippen LogP contribution in [-0.4, -0.2) is 32.0 Å². The van der Waals surface area contributed by atoms with Gasteiger partial charge in [0, 0.05) is 6.54 Å². The number of alkyl halides is 3. The van der Waals surface area contributed by atoms with Crippen LogP contribution in [0.25, 0.3) is 6.08 Å². The van der Waals surface area contributed by atoms with Crippen LogP contribution in [0.4, 0.5) is 13.2 Å². The van der Waals surface area contributed by atoms with Crippen molar-refractivity contribution in [1.29, 1.82) is 0 Å². The first-order valence-corrected chi connectivity index (χ1v) is 6.08. The number of ether oxygens (including phenoxy) is 1. The highest BCUT2D eigenvalue weighted by Gasteiger charge is 2.26. The van der Waals surface area contributed by atoms with Crippen LogP contribution in [-0.2, 0) is 4.74 Å². The van der Waals surface area contributed by atoms with E-state index < -0.39 is 12.7 Å². The van der Waals surface area contributed by atoms with Crippen LogP contribution in [0.1, 0.15) is 12.5 Å². The summed E-state index contributed by atoms with van der Waals surface area (Å²) in [5, 5.41) is 2.31. The molecular weight excluding hydrogens is 255 g/mol. The molecule has 0 amide bonds. The standard InChI is InChI=1S/C14H18F3NO/c1-12(10-18-11-14(15,16)17)19-9-5-8-13-6-3-2-4-7-13/h2-8,12,18H,9-11H2,1H3. The molecule has 1 aromatic carbocycles. The van der Waals surface area contributed by atoms with Gasteiger partial charge in [-0.25, -0.2) is 0 Å². The minimum Gasteiger partial charge on any atom is -0.373 e. The number of rotatable bonds is 7. The zero-order valence-corrected chi connectivity index (χ0v) is 10.8. The lowest BCUT2D eigenvalue weighted by Gasteiger charge is -2.13. The van der Waals surface area contributed by atoms with Gasteiger partial charge in [-0.05, 0) is 12.5 Å². The van der Waals surface area contributed by atoms with Crippen LogP contribution < -0.4 is 5.32 Å². The molecule has 106 valence electrons. The summed E-state index contributed by atoms with van der Waals surface area (Å²) in [4.78, 5) is 0. The second-order valence-corrected chi connectivity index (χ2v) is 4.20. The van der Waals surface area contributed by atoms with Crippen molar-refractivity contribution in [3.8, 4) is 0 Å². The average molecular weight is 273 g/mol. The van der Waals surface area contributed by atoms with Crippen molar-refractivity contribution in [1.82, 2.24) is 5.32 Å². The van der Waals surface area contributed by atoms with Gasteiger partial charge in [0.1, 0.15) is 0 Å². The maximum Gasteiger partial charge on any atom is 0.401 e. The van der Waals surface area contributed by atoms with E-state index in [9.17, 15) is 13.2 Å². The molecule has 2 nitrogen and oxygen atoms in total. The summed E-state index contributed by atoms with van der Waals surface area (Å²) >= 11 is 0. The Balaban J connectivity index is 2.13. The zero-order chi connectivity index (χ0) is 14.1. The molecule has 19 heavy (non-hydrogen) atoms. The molecule has 1 rings (SSSR count). The maximum atomic E-state index is 11.9. The van der Waals surface area contributed by atoms with Gasteiger partial charge in [-0.15, -0.1) is 0 Å². The predicted molar refractivity (Wildman–Crippen MR) is 69.8 cm³/mol. The van der Waals surface area contributed by atoms with Crippen LogP contribution >= 0.6 is 0 Å². The van der Waals surface area contributed by atoms with E-state index in [0.29, 0.717) is 6.61 Å². The molecule has 0 saturated carbocycles. The quantitative estimate of drug-likeness (QED) is 0.823. The monoisotopic (exact) mass is 273 g/mol. The minimum atomic E-state index is -4.17. The minimum absolute atomic E-state index is 0.179. The lowest BCUT2D eigenvalue weighted by molar-refractivity contribution is -0.125. The van der Waals surface area contributed by atoms with Gasteiger partial charge in [0.2, 0.25) is 0 Å².